The van der Waals surface area contributed by atoms with Gasteiger partial charge < -0.3 is 14.8 Å². The van der Waals surface area contributed by atoms with Gasteiger partial charge in [0.1, 0.15) is 5.75 Å². The molecule has 0 aliphatic carbocycles. The number of amides is 1. The highest BCUT2D eigenvalue weighted by atomic mass is 32.2. The van der Waals surface area contributed by atoms with Gasteiger partial charge in [-0.3, -0.25) is 4.79 Å². The van der Waals surface area contributed by atoms with Gasteiger partial charge in [-0.25, -0.2) is 13.1 Å². The summed E-state index contributed by atoms with van der Waals surface area (Å²) in [4.78, 5) is 13.1. The van der Waals surface area contributed by atoms with Crippen molar-refractivity contribution in [2.24, 2.45) is 0 Å². The second-order valence-electron chi connectivity index (χ2n) is 6.57. The van der Waals surface area contributed by atoms with E-state index in [0.717, 1.165) is 0 Å². The van der Waals surface area contributed by atoms with Crippen molar-refractivity contribution in [1.82, 2.24) is 4.72 Å². The molecular formula is C23H24N2O5S. The maximum absolute atomic E-state index is 13.0. The fourth-order valence-corrected chi connectivity index (χ4v) is 4.00. The van der Waals surface area contributed by atoms with E-state index < -0.39 is 15.9 Å². The quantitative estimate of drug-likeness (QED) is 0.543. The van der Waals surface area contributed by atoms with Gasteiger partial charge in [-0.1, -0.05) is 30.3 Å². The number of nitrogens with one attached hydrogen (secondary N) is 2. The molecule has 8 heteroatoms. The van der Waals surface area contributed by atoms with Gasteiger partial charge in [0.15, 0.2) is 11.5 Å². The number of carbonyl (C=O) groups is 1. The average Bonchev–Trinajstić information content (AvgIpc) is 2.77. The fourth-order valence-electron chi connectivity index (χ4n) is 3.01. The molecule has 0 fully saturated rings. The minimum Gasteiger partial charge on any atom is -0.490 e. The summed E-state index contributed by atoms with van der Waals surface area (Å²) in [6.45, 7) is 4.00. The largest absolute Gasteiger partial charge is 0.490 e. The Morgan fingerprint density at radius 1 is 0.903 bits per heavy atom. The van der Waals surface area contributed by atoms with Gasteiger partial charge in [0, 0.05) is 5.69 Å². The number of hydrogen-bond donors (Lipinski definition) is 2. The Balaban J connectivity index is 1.91. The first-order valence-electron chi connectivity index (χ1n) is 9.70. The SMILES string of the molecule is CCOc1ccccc1Oc1ccccc1C(=O)Nc1cccc(S(=O)(=O)NC)c1C. The van der Waals surface area contributed by atoms with E-state index in [9.17, 15) is 13.2 Å². The van der Waals surface area contributed by atoms with Crippen LogP contribution in [-0.4, -0.2) is 28.0 Å². The van der Waals surface area contributed by atoms with Gasteiger partial charge in [-0.15, -0.1) is 0 Å². The molecule has 0 saturated heterocycles. The predicted octanol–water partition coefficient (Wildman–Crippen LogP) is 4.35. The first kappa shape index (κ1) is 22.3. The minimum atomic E-state index is -3.65. The Labute approximate surface area is 182 Å². The van der Waals surface area contributed by atoms with Crippen LogP contribution in [-0.2, 0) is 10.0 Å². The molecule has 31 heavy (non-hydrogen) atoms. The van der Waals surface area contributed by atoms with E-state index in [-0.39, 0.29) is 4.90 Å². The molecule has 3 rings (SSSR count). The van der Waals surface area contributed by atoms with Crippen molar-refractivity contribution >= 4 is 21.6 Å². The van der Waals surface area contributed by atoms with Crippen LogP contribution in [0.2, 0.25) is 0 Å². The highest BCUT2D eigenvalue weighted by molar-refractivity contribution is 7.89. The third-order valence-electron chi connectivity index (χ3n) is 4.59. The molecule has 0 aliphatic rings. The Bertz CT molecular complexity index is 1190. The van der Waals surface area contributed by atoms with Crippen molar-refractivity contribution in [2.45, 2.75) is 18.7 Å². The number of para-hydroxylation sites is 3. The van der Waals surface area contributed by atoms with Crippen LogP contribution in [0.4, 0.5) is 5.69 Å². The van der Waals surface area contributed by atoms with Crippen LogP contribution in [0.25, 0.3) is 0 Å². The molecule has 0 aromatic heterocycles. The van der Waals surface area contributed by atoms with E-state index in [0.29, 0.717) is 40.7 Å². The van der Waals surface area contributed by atoms with E-state index in [1.807, 2.05) is 19.1 Å². The molecule has 0 heterocycles. The lowest BCUT2D eigenvalue weighted by molar-refractivity contribution is 0.102. The third-order valence-corrected chi connectivity index (χ3v) is 6.15. The molecular weight excluding hydrogens is 416 g/mol. The Hall–Kier alpha value is -3.36. The number of rotatable bonds is 8. The predicted molar refractivity (Wildman–Crippen MR) is 120 cm³/mol. The normalized spacial score (nSPS) is 11.1. The molecule has 0 saturated carbocycles. The number of benzene rings is 3. The van der Waals surface area contributed by atoms with E-state index >= 15 is 0 Å². The first-order valence-corrected chi connectivity index (χ1v) is 11.2. The lowest BCUT2D eigenvalue weighted by Gasteiger charge is -2.15. The summed E-state index contributed by atoms with van der Waals surface area (Å²) in [7, 11) is -2.31. The first-order chi connectivity index (χ1) is 14.9. The number of hydrogen-bond acceptors (Lipinski definition) is 5. The lowest BCUT2D eigenvalue weighted by Crippen LogP contribution is -2.21. The second-order valence-corrected chi connectivity index (χ2v) is 8.42. The minimum absolute atomic E-state index is 0.1000. The summed E-state index contributed by atoms with van der Waals surface area (Å²) in [6.07, 6.45) is 0. The monoisotopic (exact) mass is 440 g/mol. The van der Waals surface area contributed by atoms with Crippen molar-refractivity contribution in [2.75, 3.05) is 19.0 Å². The van der Waals surface area contributed by atoms with E-state index in [1.54, 1.807) is 55.5 Å². The van der Waals surface area contributed by atoms with E-state index in [1.165, 1.54) is 13.1 Å². The molecule has 2 N–H and O–H groups in total. The summed E-state index contributed by atoms with van der Waals surface area (Å²) < 4.78 is 38.3. The molecule has 0 spiro atoms. The van der Waals surface area contributed by atoms with Gasteiger partial charge in [0.05, 0.1) is 17.1 Å². The Morgan fingerprint density at radius 2 is 1.55 bits per heavy atom. The smallest absolute Gasteiger partial charge is 0.259 e. The van der Waals surface area contributed by atoms with E-state index in [4.69, 9.17) is 9.47 Å². The summed E-state index contributed by atoms with van der Waals surface area (Å²) in [5.74, 6) is 0.985. The number of sulfonamides is 1. The standard InChI is InChI=1S/C23H24N2O5S/c1-4-29-20-13-7-8-14-21(20)30-19-12-6-5-10-17(19)23(26)25-18-11-9-15-22(16(18)2)31(27,28)24-3/h5-15,24H,4H2,1-3H3,(H,25,26). The topological polar surface area (TPSA) is 93.7 Å². The van der Waals surface area contributed by atoms with Gasteiger partial charge in [-0.2, -0.15) is 0 Å². The fraction of sp³-hybridized carbons (Fsp3) is 0.174. The van der Waals surface area contributed by atoms with Crippen LogP contribution in [0.1, 0.15) is 22.8 Å². The summed E-state index contributed by atoms with van der Waals surface area (Å²) in [5.41, 5.74) is 1.13. The molecule has 0 bridgehead atoms. The van der Waals surface area contributed by atoms with Crippen molar-refractivity contribution in [3.05, 3.63) is 77.9 Å². The molecule has 0 radical (unpaired) electrons. The molecule has 0 unspecified atom stereocenters. The second kappa shape index (κ2) is 9.63. The highest BCUT2D eigenvalue weighted by Crippen LogP contribution is 2.33. The Morgan fingerprint density at radius 3 is 2.23 bits per heavy atom. The van der Waals surface area contributed by atoms with Crippen LogP contribution in [0.15, 0.2) is 71.6 Å². The molecule has 3 aromatic carbocycles. The van der Waals surface area contributed by atoms with Crippen molar-refractivity contribution in [3.8, 4) is 17.2 Å². The van der Waals surface area contributed by atoms with Gasteiger partial charge in [0.25, 0.3) is 5.91 Å². The van der Waals surface area contributed by atoms with Crippen LogP contribution in [0, 0.1) is 6.92 Å². The summed E-state index contributed by atoms with van der Waals surface area (Å²) >= 11 is 0. The average molecular weight is 441 g/mol. The zero-order chi connectivity index (χ0) is 22.4. The lowest BCUT2D eigenvalue weighted by atomic mass is 10.1. The van der Waals surface area contributed by atoms with Crippen LogP contribution < -0.4 is 19.5 Å². The van der Waals surface area contributed by atoms with Gasteiger partial charge in [0.2, 0.25) is 10.0 Å². The van der Waals surface area contributed by atoms with Crippen LogP contribution >= 0.6 is 0 Å². The zero-order valence-electron chi connectivity index (χ0n) is 17.5. The molecule has 7 nitrogen and oxygen atoms in total. The molecule has 162 valence electrons. The Kier molecular flexibility index (Phi) is 6.94. The van der Waals surface area contributed by atoms with Crippen LogP contribution in [0.5, 0.6) is 17.2 Å². The number of anilines is 1. The van der Waals surface area contributed by atoms with Crippen molar-refractivity contribution in [3.63, 3.8) is 0 Å². The molecule has 3 aromatic rings. The van der Waals surface area contributed by atoms with Gasteiger partial charge in [-0.05, 0) is 62.9 Å². The zero-order valence-corrected chi connectivity index (χ0v) is 18.3. The summed E-state index contributed by atoms with van der Waals surface area (Å²) in [6, 6.07) is 18.7. The van der Waals surface area contributed by atoms with Crippen molar-refractivity contribution in [1.29, 1.82) is 0 Å². The van der Waals surface area contributed by atoms with Gasteiger partial charge >= 0.3 is 0 Å². The third kappa shape index (κ3) is 5.04. The summed E-state index contributed by atoms with van der Waals surface area (Å²) in [5, 5.41) is 2.79. The van der Waals surface area contributed by atoms with E-state index in [2.05, 4.69) is 10.0 Å². The highest BCUT2D eigenvalue weighted by Gasteiger charge is 2.19. The van der Waals surface area contributed by atoms with Crippen LogP contribution in [0.3, 0.4) is 0 Å². The molecule has 1 amide bonds. The number of ether oxygens (including phenoxy) is 2. The molecule has 0 atom stereocenters. The van der Waals surface area contributed by atoms with Crippen molar-refractivity contribution < 1.29 is 22.7 Å². The molecule has 0 aliphatic heterocycles. The maximum Gasteiger partial charge on any atom is 0.259 e. The maximum atomic E-state index is 13.0. The number of carbonyl (C=O) groups excluding carboxylic acids is 1.